The Labute approximate surface area is 55.9 Å². The molecule has 9 heavy (non-hydrogen) atoms. The van der Waals surface area contributed by atoms with Gasteiger partial charge >= 0.3 is 0 Å². The Morgan fingerprint density at radius 2 is 2.11 bits per heavy atom. The van der Waals surface area contributed by atoms with Crippen molar-refractivity contribution in [1.29, 1.82) is 0 Å². The first-order chi connectivity index (χ1) is 4.27. The number of nitrogens with zero attached hydrogens (tertiary/aromatic N) is 3. The van der Waals surface area contributed by atoms with Crippen LogP contribution in [0.1, 0.15) is 27.2 Å². The van der Waals surface area contributed by atoms with E-state index < -0.39 is 0 Å². The molecule has 0 N–H and O–H groups in total. The molecule has 52 valence electrons. The van der Waals surface area contributed by atoms with E-state index in [1.165, 1.54) is 0 Å². The third-order valence-corrected chi connectivity index (χ3v) is 0.598. The van der Waals surface area contributed by atoms with Crippen molar-refractivity contribution in [1.82, 2.24) is 0 Å². The molecule has 0 aromatic carbocycles. The summed E-state index contributed by atoms with van der Waals surface area (Å²) in [6.07, 6.45) is 2.64. The second-order valence-corrected chi connectivity index (χ2v) is 2.00. The fourth-order valence-electron chi connectivity index (χ4n) is 0.251. The van der Waals surface area contributed by atoms with E-state index in [0.717, 1.165) is 6.42 Å². The fraction of sp³-hybridized carbons (Fsp3) is 0.833. The maximum Gasteiger partial charge on any atom is 0.0674 e. The summed E-state index contributed by atoms with van der Waals surface area (Å²) in [5.74, 6) is 0. The van der Waals surface area contributed by atoms with Crippen LogP contribution in [0.5, 0.6) is 0 Å². The zero-order valence-electron chi connectivity index (χ0n) is 6.20. The highest BCUT2D eigenvalue weighted by atomic mass is 15.4. The normalized spacial score (nSPS) is 12.4. The van der Waals surface area contributed by atoms with Crippen molar-refractivity contribution >= 4 is 6.21 Å². The molecule has 0 aliphatic heterocycles. The van der Waals surface area contributed by atoms with Crippen LogP contribution in [0.3, 0.4) is 0 Å². The Balaban J connectivity index is 3.35. The summed E-state index contributed by atoms with van der Waals surface area (Å²) in [5.41, 5.74) is 0. The van der Waals surface area contributed by atoms with E-state index in [-0.39, 0.29) is 6.04 Å². The third-order valence-electron chi connectivity index (χ3n) is 0.598. The van der Waals surface area contributed by atoms with E-state index in [4.69, 9.17) is 0 Å². The lowest BCUT2D eigenvalue weighted by Gasteiger charge is -1.86. The summed E-state index contributed by atoms with van der Waals surface area (Å²) in [6.45, 7) is 5.93. The van der Waals surface area contributed by atoms with Gasteiger partial charge in [0, 0.05) is 6.21 Å². The standard InChI is InChI=1S/C6H13N3/c1-4-5-7-9-8-6(2)3/h5-6H,4H2,1-3H3/b7-5-,9-8-. The van der Waals surface area contributed by atoms with Gasteiger partial charge in [0.15, 0.2) is 0 Å². The first-order valence-corrected chi connectivity index (χ1v) is 3.19. The molecule has 3 nitrogen and oxygen atoms in total. The summed E-state index contributed by atoms with van der Waals surface area (Å²) in [5, 5.41) is 11.0. The summed E-state index contributed by atoms with van der Waals surface area (Å²) in [4.78, 5) is 0. The maximum atomic E-state index is 3.79. The van der Waals surface area contributed by atoms with Crippen molar-refractivity contribution in [3.63, 3.8) is 0 Å². The van der Waals surface area contributed by atoms with Crippen LogP contribution in [-0.4, -0.2) is 12.3 Å². The van der Waals surface area contributed by atoms with Gasteiger partial charge < -0.3 is 0 Å². The first kappa shape index (κ1) is 8.27. The monoisotopic (exact) mass is 127 g/mol. The lowest BCUT2D eigenvalue weighted by atomic mass is 10.4. The molecule has 0 rings (SSSR count). The molecule has 0 atom stereocenters. The molecule has 0 radical (unpaired) electrons. The highest BCUT2D eigenvalue weighted by Crippen LogP contribution is 1.86. The average Bonchev–Trinajstić information content (AvgIpc) is 1.80. The second-order valence-electron chi connectivity index (χ2n) is 2.00. The third kappa shape index (κ3) is 7.27. The largest absolute Gasteiger partial charge is 0.166 e. The number of hydrogen-bond acceptors (Lipinski definition) is 2. The Kier molecular flexibility index (Phi) is 4.97. The highest BCUT2D eigenvalue weighted by molar-refractivity contribution is 5.55. The van der Waals surface area contributed by atoms with Gasteiger partial charge in [-0.3, -0.25) is 0 Å². The van der Waals surface area contributed by atoms with Gasteiger partial charge in [-0.15, -0.1) is 5.10 Å². The zero-order chi connectivity index (χ0) is 7.11. The van der Waals surface area contributed by atoms with Crippen LogP contribution in [0, 0.1) is 0 Å². The van der Waals surface area contributed by atoms with Gasteiger partial charge in [-0.1, -0.05) is 6.92 Å². The predicted molar refractivity (Wildman–Crippen MR) is 38.8 cm³/mol. The van der Waals surface area contributed by atoms with Gasteiger partial charge in [-0.25, -0.2) is 0 Å². The fourth-order valence-corrected chi connectivity index (χ4v) is 0.251. The second kappa shape index (κ2) is 5.41. The van der Waals surface area contributed by atoms with Crippen LogP contribution in [0.15, 0.2) is 15.4 Å². The van der Waals surface area contributed by atoms with Crippen molar-refractivity contribution in [3.05, 3.63) is 0 Å². The van der Waals surface area contributed by atoms with Crippen LogP contribution in [0.25, 0.3) is 0 Å². The minimum atomic E-state index is 0.249. The maximum absolute atomic E-state index is 3.79. The Morgan fingerprint density at radius 1 is 1.44 bits per heavy atom. The lowest BCUT2D eigenvalue weighted by Crippen LogP contribution is -1.83. The topological polar surface area (TPSA) is 37.1 Å². The molecule has 0 spiro atoms. The molecule has 0 saturated heterocycles. The van der Waals surface area contributed by atoms with Gasteiger partial charge in [0.25, 0.3) is 0 Å². The van der Waals surface area contributed by atoms with E-state index in [1.54, 1.807) is 6.21 Å². The summed E-state index contributed by atoms with van der Waals surface area (Å²) in [6, 6.07) is 0.249. The van der Waals surface area contributed by atoms with Gasteiger partial charge in [-0.05, 0) is 25.5 Å². The molecule has 0 amide bonds. The minimum absolute atomic E-state index is 0.249. The molecule has 0 aromatic heterocycles. The Hall–Kier alpha value is -0.730. The van der Waals surface area contributed by atoms with Crippen LogP contribution in [0.2, 0.25) is 0 Å². The summed E-state index contributed by atoms with van der Waals surface area (Å²) in [7, 11) is 0. The van der Waals surface area contributed by atoms with Gasteiger partial charge in [0.2, 0.25) is 0 Å². The number of rotatable bonds is 3. The van der Waals surface area contributed by atoms with Gasteiger partial charge in [-0.2, -0.15) is 5.11 Å². The minimum Gasteiger partial charge on any atom is -0.166 e. The Morgan fingerprint density at radius 3 is 2.56 bits per heavy atom. The SMILES string of the molecule is CC/C=N\N=N/C(C)C. The molecule has 0 heterocycles. The quantitative estimate of drug-likeness (QED) is 0.317. The molecule has 3 heteroatoms. The molecular weight excluding hydrogens is 114 g/mol. The Bertz CT molecular complexity index is 105. The molecule has 0 aliphatic carbocycles. The van der Waals surface area contributed by atoms with E-state index in [9.17, 15) is 0 Å². The molecule has 0 fully saturated rings. The van der Waals surface area contributed by atoms with Crippen LogP contribution in [0.4, 0.5) is 0 Å². The van der Waals surface area contributed by atoms with Crippen molar-refractivity contribution in [2.45, 2.75) is 33.2 Å². The van der Waals surface area contributed by atoms with Gasteiger partial charge in [0.1, 0.15) is 0 Å². The van der Waals surface area contributed by atoms with Crippen LogP contribution in [-0.2, 0) is 0 Å². The molecule has 0 aliphatic rings. The summed E-state index contributed by atoms with van der Waals surface area (Å²) >= 11 is 0. The van der Waals surface area contributed by atoms with Crippen molar-refractivity contribution in [2.24, 2.45) is 15.4 Å². The van der Waals surface area contributed by atoms with E-state index in [0.29, 0.717) is 0 Å². The average molecular weight is 127 g/mol. The van der Waals surface area contributed by atoms with Crippen molar-refractivity contribution in [2.75, 3.05) is 0 Å². The first-order valence-electron chi connectivity index (χ1n) is 3.19. The molecule has 0 unspecified atom stereocenters. The predicted octanol–water partition coefficient (Wildman–Crippen LogP) is 2.24. The molecule has 0 aromatic rings. The zero-order valence-corrected chi connectivity index (χ0v) is 6.20. The lowest BCUT2D eigenvalue weighted by molar-refractivity contribution is 0.751. The van der Waals surface area contributed by atoms with E-state index >= 15 is 0 Å². The molecule has 0 bridgehead atoms. The van der Waals surface area contributed by atoms with E-state index in [2.05, 4.69) is 15.4 Å². The van der Waals surface area contributed by atoms with Crippen LogP contribution >= 0.6 is 0 Å². The van der Waals surface area contributed by atoms with Crippen LogP contribution < -0.4 is 0 Å². The van der Waals surface area contributed by atoms with Gasteiger partial charge in [0.05, 0.1) is 6.04 Å². The highest BCUT2D eigenvalue weighted by Gasteiger charge is 1.81. The van der Waals surface area contributed by atoms with Crippen molar-refractivity contribution in [3.8, 4) is 0 Å². The molecular formula is C6H13N3. The van der Waals surface area contributed by atoms with E-state index in [1.807, 2.05) is 20.8 Å². The molecule has 0 saturated carbocycles. The van der Waals surface area contributed by atoms with Crippen molar-refractivity contribution < 1.29 is 0 Å². The number of hydrogen-bond donors (Lipinski definition) is 0. The smallest absolute Gasteiger partial charge is 0.0674 e. The summed E-state index contributed by atoms with van der Waals surface area (Å²) < 4.78 is 0.